The lowest BCUT2D eigenvalue weighted by atomic mass is 9.94. The van der Waals surface area contributed by atoms with Crippen LogP contribution >= 0.6 is 0 Å². The molecule has 124 valence electrons. The fraction of sp³-hybridized carbons (Fsp3) is 0.583. The Kier molecular flexibility index (Phi) is 4.01. The molecular formula is C12H14F3N7O. The van der Waals surface area contributed by atoms with Gasteiger partial charge in [0, 0.05) is 24.7 Å². The van der Waals surface area contributed by atoms with Crippen molar-refractivity contribution < 1.29 is 18.0 Å². The van der Waals surface area contributed by atoms with E-state index in [2.05, 4.69) is 25.7 Å². The fourth-order valence-corrected chi connectivity index (χ4v) is 2.64. The first-order chi connectivity index (χ1) is 10.9. The van der Waals surface area contributed by atoms with Gasteiger partial charge in [-0.25, -0.2) is 4.68 Å². The summed E-state index contributed by atoms with van der Waals surface area (Å²) in [6.45, 7) is 0.925. The number of carbonyl (C=O) groups excluding carboxylic acids is 1. The number of H-pyrrole nitrogens is 1. The van der Waals surface area contributed by atoms with Crippen LogP contribution in [0.4, 0.5) is 13.2 Å². The van der Waals surface area contributed by atoms with Crippen molar-refractivity contribution in [3.63, 3.8) is 0 Å². The van der Waals surface area contributed by atoms with Crippen molar-refractivity contribution in [2.45, 2.75) is 31.5 Å². The summed E-state index contributed by atoms with van der Waals surface area (Å²) in [6.07, 6.45) is -1.72. The van der Waals surface area contributed by atoms with Gasteiger partial charge in [0.15, 0.2) is 5.69 Å². The molecule has 1 atom stereocenters. The summed E-state index contributed by atoms with van der Waals surface area (Å²) in [6, 6.07) is 1.01. The minimum atomic E-state index is -4.47. The van der Waals surface area contributed by atoms with E-state index in [9.17, 15) is 18.0 Å². The quantitative estimate of drug-likeness (QED) is 0.900. The molecule has 1 fully saturated rings. The van der Waals surface area contributed by atoms with Crippen molar-refractivity contribution >= 4 is 5.91 Å². The molecule has 3 rings (SSSR count). The molecular weight excluding hydrogens is 315 g/mol. The number of hydrogen-bond donors (Lipinski definition) is 1. The van der Waals surface area contributed by atoms with Crippen LogP contribution in [0.1, 0.15) is 30.1 Å². The lowest BCUT2D eigenvalue weighted by molar-refractivity contribution is -0.141. The first-order valence-corrected chi connectivity index (χ1v) is 7.04. The molecule has 1 unspecified atom stereocenters. The highest BCUT2D eigenvalue weighted by atomic mass is 19.4. The number of likely N-dealkylation sites (tertiary alicyclic amines) is 1. The van der Waals surface area contributed by atoms with Crippen molar-refractivity contribution in [2.24, 2.45) is 0 Å². The van der Waals surface area contributed by atoms with Crippen molar-refractivity contribution in [1.29, 1.82) is 0 Å². The Labute approximate surface area is 128 Å². The molecule has 2 aromatic rings. The first kappa shape index (κ1) is 15.4. The van der Waals surface area contributed by atoms with E-state index in [1.165, 1.54) is 11.0 Å². The zero-order chi connectivity index (χ0) is 16.4. The van der Waals surface area contributed by atoms with Gasteiger partial charge in [0.2, 0.25) is 5.91 Å². The highest BCUT2D eigenvalue weighted by Gasteiger charge is 2.35. The van der Waals surface area contributed by atoms with Gasteiger partial charge in [-0.2, -0.15) is 18.3 Å². The van der Waals surface area contributed by atoms with E-state index in [1.54, 1.807) is 4.90 Å². The Morgan fingerprint density at radius 2 is 2.26 bits per heavy atom. The van der Waals surface area contributed by atoms with Crippen molar-refractivity contribution in [1.82, 2.24) is 35.3 Å². The molecule has 1 aliphatic rings. The summed E-state index contributed by atoms with van der Waals surface area (Å²) in [5, 5.41) is 16.3. The Bertz CT molecular complexity index is 667. The number of tetrazole rings is 1. The van der Waals surface area contributed by atoms with Gasteiger partial charge >= 0.3 is 6.18 Å². The summed E-state index contributed by atoms with van der Waals surface area (Å²) < 4.78 is 39.2. The fourth-order valence-electron chi connectivity index (χ4n) is 2.64. The van der Waals surface area contributed by atoms with Gasteiger partial charge in [-0.05, 0) is 29.3 Å². The molecule has 11 heteroatoms. The zero-order valence-electron chi connectivity index (χ0n) is 12.0. The van der Waals surface area contributed by atoms with Gasteiger partial charge in [-0.15, -0.1) is 5.10 Å². The van der Waals surface area contributed by atoms with E-state index in [4.69, 9.17) is 0 Å². The number of piperidine rings is 1. The van der Waals surface area contributed by atoms with Crippen LogP contribution in [0, 0.1) is 0 Å². The average molecular weight is 329 g/mol. The SMILES string of the molecule is O=C(Cn1cnnn1)N1CCCC(c2cc(C(F)(F)F)n[nH]2)C1. The summed E-state index contributed by atoms with van der Waals surface area (Å²) >= 11 is 0. The van der Waals surface area contributed by atoms with Gasteiger partial charge in [0.25, 0.3) is 0 Å². The van der Waals surface area contributed by atoms with Gasteiger partial charge < -0.3 is 4.90 Å². The van der Waals surface area contributed by atoms with Crippen LogP contribution in [0.5, 0.6) is 0 Å². The number of halogens is 3. The number of hydrogen-bond acceptors (Lipinski definition) is 5. The van der Waals surface area contributed by atoms with Crippen LogP contribution in [0.15, 0.2) is 12.4 Å². The second-order valence-corrected chi connectivity index (χ2v) is 5.39. The topological polar surface area (TPSA) is 92.6 Å². The summed E-state index contributed by atoms with van der Waals surface area (Å²) in [7, 11) is 0. The molecule has 1 amide bonds. The number of nitrogens with zero attached hydrogens (tertiary/aromatic N) is 6. The van der Waals surface area contributed by atoms with Crippen LogP contribution < -0.4 is 0 Å². The number of alkyl halides is 3. The monoisotopic (exact) mass is 329 g/mol. The number of aromatic amines is 1. The maximum atomic E-state index is 12.6. The predicted octanol–water partition coefficient (Wildman–Crippen LogP) is 0.821. The minimum absolute atomic E-state index is 0.0104. The normalized spacial score (nSPS) is 19.1. The van der Waals surface area contributed by atoms with Crippen molar-refractivity contribution in [2.75, 3.05) is 13.1 Å². The van der Waals surface area contributed by atoms with E-state index < -0.39 is 11.9 Å². The Hall–Kier alpha value is -2.46. The van der Waals surface area contributed by atoms with E-state index in [0.717, 1.165) is 6.07 Å². The summed E-state index contributed by atoms with van der Waals surface area (Å²) in [5.74, 6) is -0.359. The van der Waals surface area contributed by atoms with Gasteiger partial charge in [0.05, 0.1) is 0 Å². The third kappa shape index (κ3) is 3.48. The number of aromatic nitrogens is 6. The molecule has 1 saturated heterocycles. The number of rotatable bonds is 3. The largest absolute Gasteiger partial charge is 0.435 e. The van der Waals surface area contributed by atoms with Crippen LogP contribution in [-0.2, 0) is 17.5 Å². The molecule has 0 aliphatic carbocycles. The maximum Gasteiger partial charge on any atom is 0.435 e. The summed E-state index contributed by atoms with van der Waals surface area (Å²) in [4.78, 5) is 13.8. The second-order valence-electron chi connectivity index (χ2n) is 5.39. The molecule has 1 aliphatic heterocycles. The van der Waals surface area contributed by atoms with Gasteiger partial charge in [-0.1, -0.05) is 0 Å². The Morgan fingerprint density at radius 3 is 2.91 bits per heavy atom. The van der Waals surface area contributed by atoms with Crippen LogP contribution in [-0.4, -0.2) is 54.3 Å². The molecule has 0 spiro atoms. The number of amides is 1. The molecule has 0 aromatic carbocycles. The standard InChI is InChI=1S/C12H14F3N7O/c13-12(14,15)10-4-9(17-18-10)8-2-1-3-21(5-8)11(23)6-22-7-16-19-20-22/h4,7-8H,1-3,5-6H2,(H,17,18). The molecule has 0 bridgehead atoms. The van der Waals surface area contributed by atoms with Crippen LogP contribution in [0.25, 0.3) is 0 Å². The lowest BCUT2D eigenvalue weighted by Crippen LogP contribution is -2.41. The number of nitrogens with one attached hydrogen (secondary N) is 1. The van der Waals surface area contributed by atoms with Crippen molar-refractivity contribution in [3.05, 3.63) is 23.8 Å². The van der Waals surface area contributed by atoms with E-state index in [-0.39, 0.29) is 18.4 Å². The second kappa shape index (κ2) is 5.97. The average Bonchev–Trinajstić information content (AvgIpc) is 3.18. The van der Waals surface area contributed by atoms with Gasteiger partial charge in [0.1, 0.15) is 12.9 Å². The third-order valence-corrected chi connectivity index (χ3v) is 3.79. The van der Waals surface area contributed by atoms with E-state index in [1.807, 2.05) is 0 Å². The minimum Gasteiger partial charge on any atom is -0.340 e. The van der Waals surface area contributed by atoms with E-state index in [0.29, 0.717) is 31.6 Å². The molecule has 3 heterocycles. The molecule has 0 saturated carbocycles. The van der Waals surface area contributed by atoms with Crippen LogP contribution in [0.3, 0.4) is 0 Å². The van der Waals surface area contributed by atoms with E-state index >= 15 is 0 Å². The summed E-state index contributed by atoms with van der Waals surface area (Å²) in [5.41, 5.74) is -0.540. The molecule has 2 aromatic heterocycles. The third-order valence-electron chi connectivity index (χ3n) is 3.79. The van der Waals surface area contributed by atoms with Crippen LogP contribution in [0.2, 0.25) is 0 Å². The maximum absolute atomic E-state index is 12.6. The smallest absolute Gasteiger partial charge is 0.340 e. The highest BCUT2D eigenvalue weighted by Crippen LogP contribution is 2.32. The molecule has 23 heavy (non-hydrogen) atoms. The molecule has 0 radical (unpaired) electrons. The number of carbonyl (C=O) groups is 1. The Balaban J connectivity index is 1.66. The zero-order valence-corrected chi connectivity index (χ0v) is 12.0. The first-order valence-electron chi connectivity index (χ1n) is 7.04. The Morgan fingerprint density at radius 1 is 1.43 bits per heavy atom. The predicted molar refractivity (Wildman–Crippen MR) is 70.0 cm³/mol. The molecule has 8 nitrogen and oxygen atoms in total. The lowest BCUT2D eigenvalue weighted by Gasteiger charge is -2.32. The van der Waals surface area contributed by atoms with Crippen molar-refractivity contribution in [3.8, 4) is 0 Å². The molecule has 1 N–H and O–H groups in total. The highest BCUT2D eigenvalue weighted by molar-refractivity contribution is 5.76. The van der Waals surface area contributed by atoms with Gasteiger partial charge in [-0.3, -0.25) is 9.89 Å².